The van der Waals surface area contributed by atoms with E-state index >= 15 is 0 Å². The summed E-state index contributed by atoms with van der Waals surface area (Å²) in [5.74, 6) is -3.11. The van der Waals surface area contributed by atoms with Crippen LogP contribution in [0.2, 0.25) is 0 Å². The van der Waals surface area contributed by atoms with Crippen LogP contribution in [0.15, 0.2) is 54.6 Å². The van der Waals surface area contributed by atoms with Crippen molar-refractivity contribution in [2.45, 2.75) is 49.9 Å². The van der Waals surface area contributed by atoms with Crippen LogP contribution >= 0.6 is 0 Å². The minimum Gasteiger partial charge on any atom is -0.508 e. The van der Waals surface area contributed by atoms with Gasteiger partial charge in [-0.15, -0.1) is 0 Å². The predicted octanol–water partition coefficient (Wildman–Crippen LogP) is -0.458. The van der Waals surface area contributed by atoms with Gasteiger partial charge in [0.1, 0.15) is 23.9 Å². The number of nitrogens with zero attached hydrogens (tertiary/aromatic N) is 1. The molecule has 3 amide bonds. The highest BCUT2D eigenvalue weighted by Gasteiger charge is 2.39. The van der Waals surface area contributed by atoms with Gasteiger partial charge >= 0.3 is 5.97 Å². The Balaban J connectivity index is 1.62. The predicted molar refractivity (Wildman–Crippen MR) is 133 cm³/mol. The highest BCUT2D eigenvalue weighted by atomic mass is 16.4. The van der Waals surface area contributed by atoms with Crippen LogP contribution in [0.4, 0.5) is 0 Å². The number of aliphatic carboxylic acids is 1. The fourth-order valence-electron chi connectivity index (χ4n) is 4.26. The molecule has 1 fully saturated rings. The van der Waals surface area contributed by atoms with Crippen molar-refractivity contribution < 1.29 is 34.5 Å². The lowest BCUT2D eigenvalue weighted by molar-refractivity contribution is -0.145. The third kappa shape index (κ3) is 7.51. The largest absolute Gasteiger partial charge is 0.508 e. The fraction of sp³-hybridized carbons (Fsp3) is 0.385. The molecule has 7 N–H and O–H groups in total. The molecule has 2 aromatic carbocycles. The van der Waals surface area contributed by atoms with E-state index in [9.17, 15) is 34.5 Å². The zero-order chi connectivity index (χ0) is 26.9. The van der Waals surface area contributed by atoms with E-state index < -0.39 is 54.5 Å². The number of nitrogens with two attached hydrogens (primary N) is 1. The quantitative estimate of drug-likeness (QED) is 0.234. The van der Waals surface area contributed by atoms with Crippen molar-refractivity contribution in [1.82, 2.24) is 15.5 Å². The summed E-state index contributed by atoms with van der Waals surface area (Å²) in [6.45, 7) is -0.471. The molecule has 1 heterocycles. The van der Waals surface area contributed by atoms with Crippen LogP contribution in [0, 0.1) is 0 Å². The fourth-order valence-corrected chi connectivity index (χ4v) is 4.26. The number of rotatable bonds is 11. The van der Waals surface area contributed by atoms with Crippen LogP contribution in [-0.2, 0) is 32.0 Å². The summed E-state index contributed by atoms with van der Waals surface area (Å²) in [4.78, 5) is 51.7. The van der Waals surface area contributed by atoms with E-state index in [1.165, 1.54) is 17.0 Å². The van der Waals surface area contributed by atoms with Gasteiger partial charge in [0.15, 0.2) is 0 Å². The molecule has 0 bridgehead atoms. The van der Waals surface area contributed by atoms with Gasteiger partial charge < -0.3 is 36.6 Å². The highest BCUT2D eigenvalue weighted by Crippen LogP contribution is 2.19. The van der Waals surface area contributed by atoms with Crippen molar-refractivity contribution in [3.63, 3.8) is 0 Å². The number of amides is 3. The summed E-state index contributed by atoms with van der Waals surface area (Å²) in [6, 6.07) is 10.6. The van der Waals surface area contributed by atoms with Crippen LogP contribution in [-0.4, -0.2) is 81.2 Å². The first-order valence-electron chi connectivity index (χ1n) is 12.0. The first-order valence-corrected chi connectivity index (χ1v) is 12.0. The molecule has 0 saturated carbocycles. The Labute approximate surface area is 214 Å². The normalized spacial score (nSPS) is 17.5. The van der Waals surface area contributed by atoms with Crippen LogP contribution in [0.5, 0.6) is 5.75 Å². The maximum Gasteiger partial charge on any atom is 0.326 e. The van der Waals surface area contributed by atoms with Crippen molar-refractivity contribution in [3.8, 4) is 5.75 Å². The van der Waals surface area contributed by atoms with Gasteiger partial charge in [0.2, 0.25) is 17.7 Å². The maximum atomic E-state index is 13.1. The molecule has 2 aromatic rings. The molecule has 0 radical (unpaired) electrons. The van der Waals surface area contributed by atoms with Gasteiger partial charge in [0, 0.05) is 13.0 Å². The molecule has 1 aliphatic heterocycles. The average molecular weight is 513 g/mol. The Kier molecular flexibility index (Phi) is 9.58. The first kappa shape index (κ1) is 27.6. The summed E-state index contributed by atoms with van der Waals surface area (Å²) in [5.41, 5.74) is 7.42. The summed E-state index contributed by atoms with van der Waals surface area (Å²) < 4.78 is 0. The molecule has 37 heavy (non-hydrogen) atoms. The van der Waals surface area contributed by atoms with Crippen molar-refractivity contribution in [2.24, 2.45) is 5.73 Å². The average Bonchev–Trinajstić information content (AvgIpc) is 3.38. The monoisotopic (exact) mass is 512 g/mol. The van der Waals surface area contributed by atoms with E-state index in [1.807, 2.05) is 30.3 Å². The molecule has 4 atom stereocenters. The Morgan fingerprint density at radius 1 is 0.946 bits per heavy atom. The molecule has 0 aromatic heterocycles. The van der Waals surface area contributed by atoms with E-state index in [-0.39, 0.29) is 25.1 Å². The number of nitrogens with one attached hydrogen (secondary N) is 2. The van der Waals surface area contributed by atoms with Crippen LogP contribution in [0.1, 0.15) is 24.0 Å². The molecular weight excluding hydrogens is 480 g/mol. The van der Waals surface area contributed by atoms with Gasteiger partial charge in [-0.2, -0.15) is 0 Å². The maximum absolute atomic E-state index is 13.1. The van der Waals surface area contributed by atoms with Gasteiger partial charge in [-0.1, -0.05) is 42.5 Å². The second-order valence-electron chi connectivity index (χ2n) is 9.00. The molecule has 1 saturated heterocycles. The number of phenols is 1. The smallest absolute Gasteiger partial charge is 0.326 e. The zero-order valence-corrected chi connectivity index (χ0v) is 20.2. The lowest BCUT2D eigenvalue weighted by Gasteiger charge is -2.29. The van der Waals surface area contributed by atoms with Crippen molar-refractivity contribution in [2.75, 3.05) is 13.2 Å². The molecule has 11 heteroatoms. The highest BCUT2D eigenvalue weighted by molar-refractivity contribution is 5.94. The number of likely N-dealkylation sites (tertiary alicyclic amines) is 1. The summed E-state index contributed by atoms with van der Waals surface area (Å²) in [5, 5.41) is 33.8. The molecule has 0 aliphatic carbocycles. The Morgan fingerprint density at radius 2 is 1.59 bits per heavy atom. The van der Waals surface area contributed by atoms with E-state index in [0.717, 1.165) is 5.56 Å². The number of aliphatic hydroxyl groups excluding tert-OH is 1. The second kappa shape index (κ2) is 12.8. The number of phenolic OH excluding ortho intramolecular Hbond substituents is 1. The number of carbonyl (C=O) groups excluding carboxylic acids is 3. The zero-order valence-electron chi connectivity index (χ0n) is 20.2. The molecular formula is C26H32N4O7. The Hall–Kier alpha value is -3.96. The van der Waals surface area contributed by atoms with Crippen molar-refractivity contribution in [1.29, 1.82) is 0 Å². The Morgan fingerprint density at radius 3 is 2.22 bits per heavy atom. The van der Waals surface area contributed by atoms with E-state index in [0.29, 0.717) is 18.4 Å². The summed E-state index contributed by atoms with van der Waals surface area (Å²) >= 11 is 0. The number of benzene rings is 2. The van der Waals surface area contributed by atoms with Crippen LogP contribution < -0.4 is 16.4 Å². The molecule has 0 spiro atoms. The number of carboxylic acid groups (broad SMARTS) is 1. The van der Waals surface area contributed by atoms with Gasteiger partial charge in [-0.25, -0.2) is 4.79 Å². The number of aromatic hydroxyl groups is 1. The van der Waals surface area contributed by atoms with Gasteiger partial charge in [-0.3, -0.25) is 14.4 Å². The minimum atomic E-state index is -1.30. The number of aliphatic hydroxyl groups is 1. The van der Waals surface area contributed by atoms with Crippen molar-refractivity contribution in [3.05, 3.63) is 65.7 Å². The first-order chi connectivity index (χ1) is 17.7. The topological polar surface area (TPSA) is 182 Å². The van der Waals surface area contributed by atoms with Gasteiger partial charge in [0.25, 0.3) is 0 Å². The molecule has 4 unspecified atom stereocenters. The van der Waals surface area contributed by atoms with Gasteiger partial charge in [0.05, 0.1) is 12.6 Å². The van der Waals surface area contributed by atoms with Crippen LogP contribution in [0.3, 0.4) is 0 Å². The van der Waals surface area contributed by atoms with Crippen LogP contribution in [0.25, 0.3) is 0 Å². The molecule has 1 aliphatic rings. The van der Waals surface area contributed by atoms with Crippen molar-refractivity contribution >= 4 is 23.7 Å². The third-order valence-electron chi connectivity index (χ3n) is 6.26. The standard InChI is InChI=1S/C26H32N4O7/c27-19(13-16-5-2-1-3-6-16)23(33)29-21(15-31)25(35)30-12-4-7-22(30)24(34)28-20(26(36)37)14-17-8-10-18(32)11-9-17/h1-3,5-6,8-11,19-22,31-32H,4,7,12-15,27H2,(H,28,34)(H,29,33)(H,36,37). The summed E-state index contributed by atoms with van der Waals surface area (Å²) in [6.07, 6.45) is 1.03. The number of hydrogen-bond acceptors (Lipinski definition) is 7. The number of carbonyl (C=O) groups is 4. The number of hydrogen-bond donors (Lipinski definition) is 6. The lowest BCUT2D eigenvalue weighted by atomic mass is 10.0. The molecule has 11 nitrogen and oxygen atoms in total. The SMILES string of the molecule is NC(Cc1ccccc1)C(=O)NC(CO)C(=O)N1CCCC1C(=O)NC(Cc1ccc(O)cc1)C(=O)O. The van der Waals surface area contributed by atoms with Gasteiger partial charge in [-0.05, 0) is 42.5 Å². The molecule has 198 valence electrons. The second-order valence-corrected chi connectivity index (χ2v) is 9.00. The Bertz CT molecular complexity index is 1090. The molecule has 3 rings (SSSR count). The minimum absolute atomic E-state index is 0.0172. The van der Waals surface area contributed by atoms with E-state index in [1.54, 1.807) is 12.1 Å². The lowest BCUT2D eigenvalue weighted by Crippen LogP contribution is -2.58. The van der Waals surface area contributed by atoms with E-state index in [2.05, 4.69) is 10.6 Å². The van der Waals surface area contributed by atoms with E-state index in [4.69, 9.17) is 5.73 Å². The summed E-state index contributed by atoms with van der Waals surface area (Å²) in [7, 11) is 0. The third-order valence-corrected chi connectivity index (χ3v) is 6.26. The number of carboxylic acids is 1.